The molecule has 4 bridgehead atoms. The van der Waals surface area contributed by atoms with Gasteiger partial charge in [0.25, 0.3) is 10.0 Å². The van der Waals surface area contributed by atoms with Crippen LogP contribution in [0.25, 0.3) is 11.3 Å². The van der Waals surface area contributed by atoms with Crippen LogP contribution in [-0.4, -0.2) is 59.8 Å². The van der Waals surface area contributed by atoms with Crippen LogP contribution in [0.4, 0.5) is 5.95 Å². The molecule has 1 unspecified atom stereocenters. The van der Waals surface area contributed by atoms with Crippen LogP contribution in [0.1, 0.15) is 68.7 Å². The van der Waals surface area contributed by atoms with Crippen LogP contribution in [0.3, 0.4) is 0 Å². The van der Waals surface area contributed by atoms with Crippen molar-refractivity contribution in [2.75, 3.05) is 31.5 Å². The standard InChI is InChI=1S/C32H44N6O3S/c1-20(2)14-23-19-41-27-15-25(29-21(3)8-7-9-22(29)4)33-31(34-27)36-42(39,40)28-16-26(38(6)35-28)30(23)24-17-32(18-24)10-12-37(5)13-11-32/h7-9,15-16,20,23-24,30H,10-14,17-19H2,1-6H3,(H,33,34,36)/t23-,30?/m1/s1. The summed E-state index contributed by atoms with van der Waals surface area (Å²) >= 11 is 0. The van der Waals surface area contributed by atoms with Gasteiger partial charge in [-0.3, -0.25) is 4.68 Å². The second-order valence-corrected chi connectivity index (χ2v) is 15.1. The molecule has 0 amide bonds. The van der Waals surface area contributed by atoms with E-state index in [2.05, 4.69) is 45.6 Å². The summed E-state index contributed by atoms with van der Waals surface area (Å²) in [5, 5.41) is 4.54. The van der Waals surface area contributed by atoms with E-state index < -0.39 is 10.0 Å². The summed E-state index contributed by atoms with van der Waals surface area (Å²) in [5.41, 5.74) is 5.06. The van der Waals surface area contributed by atoms with E-state index in [1.165, 1.54) is 25.7 Å². The van der Waals surface area contributed by atoms with Gasteiger partial charge < -0.3 is 9.64 Å². The van der Waals surface area contributed by atoms with Crippen LogP contribution < -0.4 is 9.46 Å². The predicted molar refractivity (Wildman–Crippen MR) is 164 cm³/mol. The van der Waals surface area contributed by atoms with Gasteiger partial charge in [-0.25, -0.2) is 9.71 Å². The van der Waals surface area contributed by atoms with E-state index in [9.17, 15) is 8.42 Å². The van der Waals surface area contributed by atoms with Crippen molar-refractivity contribution in [3.63, 3.8) is 0 Å². The van der Waals surface area contributed by atoms with Crippen LogP contribution in [0.5, 0.6) is 5.88 Å². The maximum atomic E-state index is 13.7. The minimum atomic E-state index is -4.02. The first-order valence-corrected chi connectivity index (χ1v) is 16.8. The molecular weight excluding hydrogens is 548 g/mol. The van der Waals surface area contributed by atoms with Gasteiger partial charge in [0, 0.05) is 42.3 Å². The zero-order chi connectivity index (χ0) is 29.8. The average Bonchev–Trinajstić information content (AvgIpc) is 3.28. The van der Waals surface area contributed by atoms with Crippen molar-refractivity contribution < 1.29 is 13.2 Å². The van der Waals surface area contributed by atoms with Crippen LogP contribution in [0.15, 0.2) is 35.4 Å². The van der Waals surface area contributed by atoms with Crippen molar-refractivity contribution in [2.45, 2.75) is 70.7 Å². The Morgan fingerprint density at radius 2 is 1.76 bits per heavy atom. The molecule has 0 radical (unpaired) electrons. The van der Waals surface area contributed by atoms with E-state index in [0.29, 0.717) is 35.4 Å². The molecule has 3 aromatic rings. The molecule has 42 heavy (non-hydrogen) atoms. The molecule has 2 atom stereocenters. The predicted octanol–water partition coefficient (Wildman–Crippen LogP) is 5.56. The minimum Gasteiger partial charge on any atom is -0.477 e. The molecule has 2 aliphatic heterocycles. The SMILES string of the molecule is Cc1cccc(C)c1-c1cc2nc(n1)NS(=O)(=O)c1cc(n(C)n1)C(C1CC3(CCN(C)CC3)C1)[C@H](CC(C)C)CO2. The van der Waals surface area contributed by atoms with E-state index in [1.54, 1.807) is 10.7 Å². The quantitative estimate of drug-likeness (QED) is 0.424. The van der Waals surface area contributed by atoms with Gasteiger partial charge in [0.2, 0.25) is 11.8 Å². The summed E-state index contributed by atoms with van der Waals surface area (Å²) in [5.74, 6) is 1.59. The van der Waals surface area contributed by atoms with Gasteiger partial charge in [0.05, 0.1) is 12.3 Å². The highest BCUT2D eigenvalue weighted by molar-refractivity contribution is 7.92. The molecule has 4 heterocycles. The summed E-state index contributed by atoms with van der Waals surface area (Å²) in [6, 6.07) is 9.68. The fraction of sp³-hybridized carbons (Fsp3) is 0.594. The number of benzene rings is 1. The maximum absolute atomic E-state index is 13.7. The Morgan fingerprint density at radius 3 is 2.43 bits per heavy atom. The fourth-order valence-electron chi connectivity index (χ4n) is 7.75. The molecule has 226 valence electrons. The molecule has 1 aliphatic carbocycles. The average molecular weight is 593 g/mol. The lowest BCUT2D eigenvalue weighted by molar-refractivity contribution is -0.0333. The number of anilines is 1. The Kier molecular flexibility index (Phi) is 7.58. The number of aromatic nitrogens is 4. The number of sulfonamides is 1. The molecule has 1 aromatic carbocycles. The van der Waals surface area contributed by atoms with Crippen LogP contribution in [-0.2, 0) is 17.1 Å². The van der Waals surface area contributed by atoms with E-state index >= 15 is 0 Å². The van der Waals surface area contributed by atoms with Crippen molar-refractivity contribution in [1.82, 2.24) is 24.6 Å². The Labute approximate surface area is 250 Å². The number of piperidine rings is 1. The number of ether oxygens (including phenoxy) is 1. The lowest BCUT2D eigenvalue weighted by Gasteiger charge is -2.55. The summed E-state index contributed by atoms with van der Waals surface area (Å²) in [4.78, 5) is 11.6. The number of fused-ring (bicyclic) bond motifs is 4. The van der Waals surface area contributed by atoms with Crippen LogP contribution in [0, 0.1) is 37.0 Å². The number of rotatable bonds is 4. The number of nitrogens with zero attached hydrogens (tertiary/aromatic N) is 5. The highest BCUT2D eigenvalue weighted by atomic mass is 32.2. The van der Waals surface area contributed by atoms with E-state index in [1.807, 2.05) is 45.2 Å². The first kappa shape index (κ1) is 29.1. The molecule has 2 fully saturated rings. The lowest BCUT2D eigenvalue weighted by atomic mass is 9.52. The highest BCUT2D eigenvalue weighted by Gasteiger charge is 2.50. The van der Waals surface area contributed by atoms with Gasteiger partial charge in [0.15, 0.2) is 5.03 Å². The first-order chi connectivity index (χ1) is 19.9. The highest BCUT2D eigenvalue weighted by Crippen LogP contribution is 2.58. The monoisotopic (exact) mass is 592 g/mol. The number of nitrogens with one attached hydrogen (secondary N) is 1. The molecule has 9 nitrogen and oxygen atoms in total. The molecular formula is C32H44N6O3S. The molecule has 3 aliphatic rings. The second-order valence-electron chi connectivity index (χ2n) is 13.5. The topological polar surface area (TPSA) is 102 Å². The van der Waals surface area contributed by atoms with E-state index in [0.717, 1.165) is 41.9 Å². The number of aryl methyl sites for hydroxylation is 3. The van der Waals surface area contributed by atoms with Crippen molar-refractivity contribution in [3.05, 3.63) is 47.2 Å². The Morgan fingerprint density at radius 1 is 1.07 bits per heavy atom. The Hall–Kier alpha value is -2.98. The van der Waals surface area contributed by atoms with Gasteiger partial charge in [-0.1, -0.05) is 32.0 Å². The third kappa shape index (κ3) is 5.55. The number of hydrogen-bond donors (Lipinski definition) is 1. The van der Waals surface area contributed by atoms with Crippen molar-refractivity contribution >= 4 is 16.0 Å². The van der Waals surface area contributed by atoms with Crippen molar-refractivity contribution in [1.29, 1.82) is 0 Å². The molecule has 2 aromatic heterocycles. The van der Waals surface area contributed by atoms with Gasteiger partial charge in [-0.2, -0.15) is 18.5 Å². The fourth-order valence-corrected chi connectivity index (χ4v) is 8.70. The zero-order valence-corrected chi connectivity index (χ0v) is 26.5. The molecule has 1 saturated carbocycles. The largest absolute Gasteiger partial charge is 0.477 e. The summed E-state index contributed by atoms with van der Waals surface area (Å²) in [7, 11) is 0.0545. The minimum absolute atomic E-state index is 0.00532. The Bertz CT molecular complexity index is 1550. The van der Waals surface area contributed by atoms with Gasteiger partial charge in [0.1, 0.15) is 0 Å². The molecule has 6 rings (SSSR count). The van der Waals surface area contributed by atoms with E-state index in [-0.39, 0.29) is 22.8 Å². The van der Waals surface area contributed by atoms with Crippen LogP contribution >= 0.6 is 0 Å². The normalized spacial score (nSPS) is 23.9. The zero-order valence-electron chi connectivity index (χ0n) is 25.7. The van der Waals surface area contributed by atoms with Crippen molar-refractivity contribution in [3.8, 4) is 17.1 Å². The third-order valence-electron chi connectivity index (χ3n) is 9.85. The smallest absolute Gasteiger partial charge is 0.283 e. The molecule has 1 spiro atoms. The van der Waals surface area contributed by atoms with Crippen molar-refractivity contribution in [2.24, 2.45) is 30.2 Å². The van der Waals surface area contributed by atoms with E-state index in [4.69, 9.17) is 4.74 Å². The third-order valence-corrected chi connectivity index (χ3v) is 11.1. The molecule has 10 heteroatoms. The van der Waals surface area contributed by atoms with Gasteiger partial charge >= 0.3 is 0 Å². The summed E-state index contributed by atoms with van der Waals surface area (Å²) in [6.07, 6.45) is 5.76. The van der Waals surface area contributed by atoms with Gasteiger partial charge in [-0.05, 0) is 94.5 Å². The maximum Gasteiger partial charge on any atom is 0.283 e. The molecule has 1 N–H and O–H groups in total. The number of hydrogen-bond acceptors (Lipinski definition) is 7. The van der Waals surface area contributed by atoms with Gasteiger partial charge in [-0.15, -0.1) is 0 Å². The molecule has 1 saturated heterocycles. The summed E-state index contributed by atoms with van der Waals surface area (Å²) < 4.78 is 38.2. The van der Waals surface area contributed by atoms with Crippen LogP contribution in [0.2, 0.25) is 0 Å². The summed E-state index contributed by atoms with van der Waals surface area (Å²) in [6.45, 7) is 11.3. The lowest BCUT2D eigenvalue weighted by Crippen LogP contribution is -2.49. The first-order valence-electron chi connectivity index (χ1n) is 15.3. The second kappa shape index (κ2) is 10.9. The Balaban J connectivity index is 1.42. The number of likely N-dealkylation sites (tertiary alicyclic amines) is 1.